The Bertz CT molecular complexity index is 1310. The zero-order valence-electron chi connectivity index (χ0n) is 20.4. The van der Waals surface area contributed by atoms with Crippen molar-refractivity contribution in [1.29, 1.82) is 0 Å². The molecule has 1 aromatic heterocycles. The summed E-state index contributed by atoms with van der Waals surface area (Å²) >= 11 is 0. The Kier molecular flexibility index (Phi) is 7.11. The first-order chi connectivity index (χ1) is 17.4. The molecule has 0 N–H and O–H groups in total. The summed E-state index contributed by atoms with van der Waals surface area (Å²) in [7, 11) is -2.14. The Labute approximate surface area is 211 Å². The standard InChI is InChI=1S/C27H31N3O5S/c1-34-24-10-5-9-21(15-24)26(31)29(22-12-13-22)17-23-16-28-27(30(23)18-25-11-6-14-35-25)36(32,33)19-20-7-3-2-4-8-20/h2-5,7-10,15-16,22,25H,6,11-14,17-19H2,1H3. The SMILES string of the molecule is COc1cccc(C(=O)N(Cc2cnc(S(=O)(=O)Cc3ccccc3)n2CC2CCCO2)C2CC2)c1. The number of hydrogen-bond acceptors (Lipinski definition) is 6. The van der Waals surface area contributed by atoms with Gasteiger partial charge in [-0.15, -0.1) is 0 Å². The summed E-state index contributed by atoms with van der Waals surface area (Å²) in [6.07, 6.45) is 5.19. The minimum Gasteiger partial charge on any atom is -0.497 e. The average molecular weight is 510 g/mol. The third-order valence-electron chi connectivity index (χ3n) is 6.69. The summed E-state index contributed by atoms with van der Waals surface area (Å²) in [4.78, 5) is 19.7. The summed E-state index contributed by atoms with van der Waals surface area (Å²) < 4.78 is 39.8. The van der Waals surface area contributed by atoms with E-state index >= 15 is 0 Å². The van der Waals surface area contributed by atoms with Gasteiger partial charge in [0.15, 0.2) is 0 Å². The van der Waals surface area contributed by atoms with Gasteiger partial charge in [0, 0.05) is 18.2 Å². The second-order valence-corrected chi connectivity index (χ2v) is 11.3. The highest BCUT2D eigenvalue weighted by molar-refractivity contribution is 7.90. The normalized spacial score (nSPS) is 17.8. The van der Waals surface area contributed by atoms with Crippen molar-refractivity contribution < 1.29 is 22.7 Å². The highest BCUT2D eigenvalue weighted by atomic mass is 32.2. The Morgan fingerprint density at radius 1 is 1.14 bits per heavy atom. The molecule has 8 nitrogen and oxygen atoms in total. The van der Waals surface area contributed by atoms with Crippen LogP contribution < -0.4 is 4.74 Å². The van der Waals surface area contributed by atoms with Gasteiger partial charge in [0.05, 0.1) is 43.9 Å². The van der Waals surface area contributed by atoms with Crippen molar-refractivity contribution in [2.45, 2.75) is 61.8 Å². The van der Waals surface area contributed by atoms with Gasteiger partial charge in [-0.05, 0) is 49.4 Å². The number of carbonyl (C=O) groups is 1. The zero-order valence-corrected chi connectivity index (χ0v) is 21.2. The fraction of sp³-hybridized carbons (Fsp3) is 0.407. The average Bonchev–Trinajstić information content (AvgIpc) is 3.44. The Morgan fingerprint density at radius 3 is 2.64 bits per heavy atom. The van der Waals surface area contributed by atoms with E-state index in [1.807, 2.05) is 23.1 Å². The van der Waals surface area contributed by atoms with E-state index in [0.29, 0.717) is 35.7 Å². The fourth-order valence-electron chi connectivity index (χ4n) is 4.66. The van der Waals surface area contributed by atoms with E-state index in [0.717, 1.165) is 25.7 Å². The van der Waals surface area contributed by atoms with Crippen LogP contribution in [0.2, 0.25) is 0 Å². The summed E-state index contributed by atoms with van der Waals surface area (Å²) in [5.74, 6) is 0.384. The number of rotatable bonds is 10. The molecule has 1 saturated heterocycles. The van der Waals surface area contributed by atoms with Crippen molar-refractivity contribution in [1.82, 2.24) is 14.5 Å². The van der Waals surface area contributed by atoms with Gasteiger partial charge in [-0.2, -0.15) is 0 Å². The minimum absolute atomic E-state index is 0.0291. The van der Waals surface area contributed by atoms with Crippen molar-refractivity contribution in [3.8, 4) is 5.75 Å². The van der Waals surface area contributed by atoms with E-state index < -0.39 is 9.84 Å². The number of benzene rings is 2. The summed E-state index contributed by atoms with van der Waals surface area (Å²) in [6.45, 7) is 1.34. The first kappa shape index (κ1) is 24.5. The number of imidazole rings is 1. The number of ether oxygens (including phenoxy) is 2. The molecular formula is C27H31N3O5S. The van der Waals surface area contributed by atoms with Crippen LogP contribution in [0.25, 0.3) is 0 Å². The number of methoxy groups -OCH3 is 1. The monoisotopic (exact) mass is 509 g/mol. The summed E-state index contributed by atoms with van der Waals surface area (Å²) in [6, 6.07) is 16.3. The molecule has 0 bridgehead atoms. The maximum atomic E-state index is 13.5. The lowest BCUT2D eigenvalue weighted by Crippen LogP contribution is -2.34. The van der Waals surface area contributed by atoms with Gasteiger partial charge < -0.3 is 18.9 Å². The molecule has 9 heteroatoms. The molecule has 1 saturated carbocycles. The number of amides is 1. The van der Waals surface area contributed by atoms with Gasteiger partial charge in [0.2, 0.25) is 15.0 Å². The Balaban J connectivity index is 1.46. The van der Waals surface area contributed by atoms with Gasteiger partial charge in [-0.3, -0.25) is 4.79 Å². The number of hydrogen-bond donors (Lipinski definition) is 0. The van der Waals surface area contributed by atoms with Crippen molar-refractivity contribution >= 4 is 15.7 Å². The Morgan fingerprint density at radius 2 is 1.94 bits per heavy atom. The van der Waals surface area contributed by atoms with E-state index in [-0.39, 0.29) is 35.5 Å². The minimum atomic E-state index is -3.71. The van der Waals surface area contributed by atoms with Gasteiger partial charge >= 0.3 is 0 Å². The molecule has 190 valence electrons. The first-order valence-electron chi connectivity index (χ1n) is 12.3. The molecule has 1 amide bonds. The number of nitrogens with zero attached hydrogens (tertiary/aromatic N) is 3. The third kappa shape index (κ3) is 5.47. The van der Waals surface area contributed by atoms with Gasteiger partial charge in [-0.25, -0.2) is 13.4 Å². The topological polar surface area (TPSA) is 90.7 Å². The molecule has 2 fully saturated rings. The van der Waals surface area contributed by atoms with Crippen LogP contribution in [0, 0.1) is 0 Å². The Hall–Kier alpha value is -3.17. The quantitative estimate of drug-likeness (QED) is 0.412. The maximum Gasteiger partial charge on any atom is 0.254 e. The molecule has 2 aliphatic rings. The molecule has 0 spiro atoms. The molecule has 2 heterocycles. The zero-order chi connectivity index (χ0) is 25.1. The molecule has 1 aliphatic heterocycles. The lowest BCUT2D eigenvalue weighted by molar-refractivity contribution is 0.0718. The lowest BCUT2D eigenvalue weighted by Gasteiger charge is -2.24. The predicted octanol–water partition coefficient (Wildman–Crippen LogP) is 3.85. The van der Waals surface area contributed by atoms with Crippen LogP contribution in [0.1, 0.15) is 47.3 Å². The molecule has 36 heavy (non-hydrogen) atoms. The van der Waals surface area contributed by atoms with Crippen LogP contribution in [-0.2, 0) is 33.4 Å². The molecule has 0 radical (unpaired) electrons. The van der Waals surface area contributed by atoms with Crippen molar-refractivity contribution in [2.75, 3.05) is 13.7 Å². The summed E-state index contributed by atoms with van der Waals surface area (Å²) in [5, 5.41) is 0.0291. The molecular weight excluding hydrogens is 478 g/mol. The van der Waals surface area contributed by atoms with E-state index in [1.165, 1.54) is 0 Å². The number of carbonyl (C=O) groups excluding carboxylic acids is 1. The molecule has 5 rings (SSSR count). The van der Waals surface area contributed by atoms with Gasteiger partial charge in [0.25, 0.3) is 5.91 Å². The number of aromatic nitrogens is 2. The fourth-order valence-corrected chi connectivity index (χ4v) is 6.16. The van der Waals surface area contributed by atoms with E-state index in [1.54, 1.807) is 54.3 Å². The number of sulfone groups is 1. The summed E-state index contributed by atoms with van der Waals surface area (Å²) in [5.41, 5.74) is 1.95. The maximum absolute atomic E-state index is 13.5. The van der Waals surface area contributed by atoms with Gasteiger partial charge in [-0.1, -0.05) is 36.4 Å². The second-order valence-electron chi connectivity index (χ2n) is 9.42. The molecule has 3 aromatic rings. The van der Waals surface area contributed by atoms with Gasteiger partial charge in [0.1, 0.15) is 5.75 Å². The second kappa shape index (κ2) is 10.4. The van der Waals surface area contributed by atoms with Crippen LogP contribution in [0.3, 0.4) is 0 Å². The van der Waals surface area contributed by atoms with Crippen LogP contribution in [0.4, 0.5) is 0 Å². The van der Waals surface area contributed by atoms with E-state index in [2.05, 4.69) is 4.98 Å². The molecule has 1 aliphatic carbocycles. The largest absolute Gasteiger partial charge is 0.497 e. The van der Waals surface area contributed by atoms with Crippen LogP contribution in [0.15, 0.2) is 66.0 Å². The smallest absolute Gasteiger partial charge is 0.254 e. The third-order valence-corrected chi connectivity index (χ3v) is 8.28. The highest BCUT2D eigenvalue weighted by Crippen LogP contribution is 2.31. The van der Waals surface area contributed by atoms with Crippen LogP contribution >= 0.6 is 0 Å². The van der Waals surface area contributed by atoms with E-state index in [9.17, 15) is 13.2 Å². The van der Waals surface area contributed by atoms with Crippen molar-refractivity contribution in [3.05, 3.63) is 77.6 Å². The molecule has 1 unspecified atom stereocenters. The lowest BCUT2D eigenvalue weighted by atomic mass is 10.1. The molecule has 1 atom stereocenters. The first-order valence-corrected chi connectivity index (χ1v) is 14.0. The van der Waals surface area contributed by atoms with Crippen LogP contribution in [-0.4, -0.2) is 54.6 Å². The van der Waals surface area contributed by atoms with Crippen molar-refractivity contribution in [3.63, 3.8) is 0 Å². The highest BCUT2D eigenvalue weighted by Gasteiger charge is 2.35. The van der Waals surface area contributed by atoms with Crippen LogP contribution in [0.5, 0.6) is 5.75 Å². The van der Waals surface area contributed by atoms with Crippen molar-refractivity contribution in [2.24, 2.45) is 0 Å². The molecule has 2 aromatic carbocycles. The predicted molar refractivity (Wildman–Crippen MR) is 134 cm³/mol. The van der Waals surface area contributed by atoms with E-state index in [4.69, 9.17) is 9.47 Å².